The fraction of sp³-hybridized carbons (Fsp3) is 0.586. The van der Waals surface area contributed by atoms with Crippen LogP contribution < -0.4 is 15.8 Å². The van der Waals surface area contributed by atoms with E-state index in [0.717, 1.165) is 72.4 Å². The van der Waals surface area contributed by atoms with E-state index in [1.807, 2.05) is 29.2 Å². The predicted octanol–water partition coefficient (Wildman–Crippen LogP) is 4.63. The Morgan fingerprint density at radius 1 is 1.00 bits per heavy atom. The van der Waals surface area contributed by atoms with Crippen molar-refractivity contribution in [3.63, 3.8) is 0 Å². The van der Waals surface area contributed by atoms with Crippen molar-refractivity contribution in [2.24, 2.45) is 23.5 Å². The number of nitrogens with one attached hydrogen (secondary N) is 1. The number of rotatable bonds is 5. The van der Waals surface area contributed by atoms with Gasteiger partial charge in [-0.2, -0.15) is 0 Å². The predicted molar refractivity (Wildman–Crippen MR) is 137 cm³/mol. The average molecular weight is 489 g/mol. The molecule has 0 atom stereocenters. The molecule has 1 aliphatic heterocycles. The Labute approximate surface area is 212 Å². The summed E-state index contributed by atoms with van der Waals surface area (Å²) in [5.74, 6) is 3.16. The Morgan fingerprint density at radius 3 is 2.19 bits per heavy atom. The topological polar surface area (TPSA) is 89.6 Å². The summed E-state index contributed by atoms with van der Waals surface area (Å²) in [5, 5.41) is 3.52. The van der Waals surface area contributed by atoms with E-state index in [2.05, 4.69) is 9.88 Å². The van der Waals surface area contributed by atoms with E-state index in [0.29, 0.717) is 31.1 Å². The molecule has 8 rings (SSSR count). The van der Waals surface area contributed by atoms with E-state index in [1.165, 1.54) is 25.0 Å². The quantitative estimate of drug-likeness (QED) is 0.643. The zero-order valence-corrected chi connectivity index (χ0v) is 21.1. The summed E-state index contributed by atoms with van der Waals surface area (Å²) in [6, 6.07) is 7.90. The van der Waals surface area contributed by atoms with E-state index in [1.54, 1.807) is 7.11 Å². The summed E-state index contributed by atoms with van der Waals surface area (Å²) in [6.45, 7) is 1.78. The lowest BCUT2D eigenvalue weighted by Crippen LogP contribution is -2.62. The molecule has 3 amide bonds. The van der Waals surface area contributed by atoms with Crippen molar-refractivity contribution < 1.29 is 14.3 Å². The van der Waals surface area contributed by atoms with Gasteiger partial charge in [0.1, 0.15) is 5.75 Å². The first-order valence-electron chi connectivity index (χ1n) is 13.7. The molecule has 0 saturated heterocycles. The number of nitrogens with zero attached hydrogens (tertiary/aromatic N) is 2. The van der Waals surface area contributed by atoms with Gasteiger partial charge in [-0.15, -0.1) is 0 Å². The molecule has 0 spiro atoms. The first kappa shape index (κ1) is 22.3. The third-order valence-corrected chi connectivity index (χ3v) is 9.63. The maximum absolute atomic E-state index is 13.6. The van der Waals surface area contributed by atoms with Gasteiger partial charge in [-0.05, 0) is 92.7 Å². The van der Waals surface area contributed by atoms with E-state index in [-0.39, 0.29) is 11.6 Å². The summed E-state index contributed by atoms with van der Waals surface area (Å²) in [6.07, 6.45) is 9.71. The van der Waals surface area contributed by atoms with Gasteiger partial charge in [0.25, 0.3) is 5.91 Å². The van der Waals surface area contributed by atoms with Crippen LogP contribution in [0.25, 0.3) is 11.1 Å². The van der Waals surface area contributed by atoms with Crippen molar-refractivity contribution in [2.75, 3.05) is 13.7 Å². The fourth-order valence-electron chi connectivity index (χ4n) is 8.43. The molecule has 190 valence electrons. The molecule has 5 fully saturated rings. The highest BCUT2D eigenvalue weighted by molar-refractivity contribution is 6.02. The number of urea groups is 1. The minimum Gasteiger partial charge on any atom is -0.497 e. The molecule has 7 nitrogen and oxygen atoms in total. The number of aromatic nitrogens is 1. The van der Waals surface area contributed by atoms with E-state index < -0.39 is 5.91 Å². The number of benzene rings is 1. The molecule has 1 aromatic heterocycles. The molecule has 2 heterocycles. The normalized spacial score (nSPS) is 30.2. The SMILES string of the molecule is COc1ccc(-c2c(C(N)=O)c3n(c2C2CC2)CCN(C(=O)NC24CC5CC(CC(C5)C2)C4)C3)cc1. The second kappa shape index (κ2) is 8.02. The Kier molecular flexibility index (Phi) is 4.96. The standard InChI is InChI=1S/C29H36N4O3/c1-36-22-6-4-20(5-7-22)24-25(27(30)34)23-16-32(8-9-33(23)26(24)21-2-3-21)28(35)31-29-13-17-10-18(14-29)12-19(11-17)15-29/h4-7,17-19,21H,2-3,8-16H2,1H3,(H2,30,34)(H,31,35). The van der Waals surface area contributed by atoms with Gasteiger partial charge in [0.15, 0.2) is 0 Å². The molecule has 5 saturated carbocycles. The van der Waals surface area contributed by atoms with Crippen LogP contribution in [0.1, 0.15) is 79.0 Å². The zero-order chi connectivity index (χ0) is 24.6. The fourth-order valence-corrected chi connectivity index (χ4v) is 8.43. The van der Waals surface area contributed by atoms with Crippen molar-refractivity contribution in [2.45, 2.75) is 75.9 Å². The number of carbonyl (C=O) groups excluding carboxylic acids is 2. The molecule has 1 aromatic carbocycles. The Morgan fingerprint density at radius 2 is 1.64 bits per heavy atom. The van der Waals surface area contributed by atoms with Crippen LogP contribution in [0, 0.1) is 17.8 Å². The molecule has 0 radical (unpaired) electrons. The van der Waals surface area contributed by atoms with E-state index >= 15 is 0 Å². The number of amides is 3. The maximum atomic E-state index is 13.6. The van der Waals surface area contributed by atoms with Crippen molar-refractivity contribution in [1.29, 1.82) is 0 Å². The number of primary amides is 1. The first-order valence-corrected chi connectivity index (χ1v) is 13.7. The minimum atomic E-state index is -0.417. The second-order valence-electron chi connectivity index (χ2n) is 12.2. The van der Waals surface area contributed by atoms with Gasteiger partial charge < -0.3 is 25.3 Å². The molecular formula is C29H36N4O3. The number of methoxy groups -OCH3 is 1. The summed E-state index contributed by atoms with van der Waals surface area (Å²) < 4.78 is 7.64. The highest BCUT2D eigenvalue weighted by Gasteiger charge is 2.52. The highest BCUT2D eigenvalue weighted by Crippen LogP contribution is 2.55. The molecular weight excluding hydrogens is 452 g/mol. The number of ether oxygens (including phenoxy) is 1. The molecule has 7 heteroatoms. The van der Waals surface area contributed by atoms with Crippen LogP contribution in [0.5, 0.6) is 5.75 Å². The Bertz CT molecular complexity index is 1190. The van der Waals surface area contributed by atoms with Crippen LogP contribution in [0.15, 0.2) is 24.3 Å². The van der Waals surface area contributed by atoms with Crippen molar-refractivity contribution in [1.82, 2.24) is 14.8 Å². The van der Waals surface area contributed by atoms with Gasteiger partial charge in [-0.3, -0.25) is 4.79 Å². The van der Waals surface area contributed by atoms with Crippen molar-refractivity contribution in [3.8, 4) is 16.9 Å². The summed E-state index contributed by atoms with van der Waals surface area (Å²) in [4.78, 5) is 28.4. The van der Waals surface area contributed by atoms with Crippen LogP contribution in [0.3, 0.4) is 0 Å². The third-order valence-electron chi connectivity index (χ3n) is 9.63. The van der Waals surface area contributed by atoms with Crippen LogP contribution in [-0.2, 0) is 13.1 Å². The third kappa shape index (κ3) is 3.53. The van der Waals surface area contributed by atoms with Gasteiger partial charge >= 0.3 is 6.03 Å². The largest absolute Gasteiger partial charge is 0.497 e. The van der Waals surface area contributed by atoms with Gasteiger partial charge in [-0.1, -0.05) is 12.1 Å². The smallest absolute Gasteiger partial charge is 0.318 e. The monoisotopic (exact) mass is 488 g/mol. The minimum absolute atomic E-state index is 0.0226. The molecule has 2 aromatic rings. The van der Waals surface area contributed by atoms with Crippen molar-refractivity contribution in [3.05, 3.63) is 41.2 Å². The van der Waals surface area contributed by atoms with Crippen LogP contribution in [-0.4, -0.2) is 40.6 Å². The Balaban J connectivity index is 1.21. The highest BCUT2D eigenvalue weighted by atomic mass is 16.5. The van der Waals surface area contributed by atoms with Crippen LogP contribution in [0.2, 0.25) is 0 Å². The lowest BCUT2D eigenvalue weighted by atomic mass is 9.53. The molecule has 4 bridgehead atoms. The molecule has 36 heavy (non-hydrogen) atoms. The zero-order valence-electron chi connectivity index (χ0n) is 21.1. The lowest BCUT2D eigenvalue weighted by molar-refractivity contribution is -0.0161. The number of hydrogen-bond acceptors (Lipinski definition) is 3. The van der Waals surface area contributed by atoms with Crippen LogP contribution in [0.4, 0.5) is 4.79 Å². The number of carbonyl (C=O) groups is 2. The van der Waals surface area contributed by atoms with Gasteiger partial charge in [0.05, 0.1) is 24.9 Å². The summed E-state index contributed by atoms with van der Waals surface area (Å²) in [5.41, 5.74) is 10.6. The van der Waals surface area contributed by atoms with Crippen LogP contribution >= 0.6 is 0 Å². The van der Waals surface area contributed by atoms with E-state index in [4.69, 9.17) is 10.5 Å². The maximum Gasteiger partial charge on any atom is 0.318 e. The van der Waals surface area contributed by atoms with Crippen molar-refractivity contribution >= 4 is 11.9 Å². The second-order valence-corrected chi connectivity index (χ2v) is 12.2. The number of nitrogens with two attached hydrogens (primary N) is 1. The first-order chi connectivity index (χ1) is 17.4. The summed E-state index contributed by atoms with van der Waals surface area (Å²) in [7, 11) is 1.65. The Hall–Kier alpha value is -2.96. The average Bonchev–Trinajstić information content (AvgIpc) is 3.62. The molecule has 0 unspecified atom stereocenters. The molecule has 5 aliphatic carbocycles. The number of fused-ring (bicyclic) bond motifs is 1. The number of hydrogen-bond donors (Lipinski definition) is 2. The molecule has 3 N–H and O–H groups in total. The lowest BCUT2D eigenvalue weighted by Gasteiger charge is -2.57. The van der Waals surface area contributed by atoms with Gasteiger partial charge in [0.2, 0.25) is 0 Å². The van der Waals surface area contributed by atoms with E-state index in [9.17, 15) is 9.59 Å². The summed E-state index contributed by atoms with van der Waals surface area (Å²) >= 11 is 0. The van der Waals surface area contributed by atoms with Gasteiger partial charge in [0, 0.05) is 29.9 Å². The molecule has 6 aliphatic rings. The van der Waals surface area contributed by atoms with Gasteiger partial charge in [-0.25, -0.2) is 4.79 Å².